The Morgan fingerprint density at radius 3 is 2.33 bits per heavy atom. The van der Waals surface area contributed by atoms with Gasteiger partial charge in [0.1, 0.15) is 0 Å². The molecule has 0 fully saturated rings. The lowest BCUT2D eigenvalue weighted by Gasteiger charge is -2.10. The molecule has 0 radical (unpaired) electrons. The van der Waals surface area contributed by atoms with Crippen LogP contribution in [0.1, 0.15) is 21.5 Å². The number of hydrogen-bond acceptors (Lipinski definition) is 3. The second-order valence-corrected chi connectivity index (χ2v) is 7.09. The monoisotopic (exact) mass is 332 g/mol. The van der Waals surface area contributed by atoms with Gasteiger partial charge in [-0.2, -0.15) is 0 Å². The summed E-state index contributed by atoms with van der Waals surface area (Å²) in [6.45, 7) is 6.77. The van der Waals surface area contributed by atoms with Crippen LogP contribution in [0.2, 0.25) is 0 Å². The number of carboxylic acid groups (broad SMARTS) is 1. The summed E-state index contributed by atoms with van der Waals surface area (Å²) in [4.78, 5) is 11.0. The molecule has 4 nitrogen and oxygen atoms in total. The van der Waals surface area contributed by atoms with Crippen LogP contribution in [0.15, 0.2) is 28.1 Å². The van der Waals surface area contributed by atoms with Crippen LogP contribution in [-0.2, 0) is 9.84 Å². The van der Waals surface area contributed by atoms with E-state index in [-0.39, 0.29) is 16.2 Å². The number of carbonyl (C=O) groups is 1. The number of hydrogen-bond donors (Lipinski definition) is 1. The molecule has 0 heterocycles. The van der Waals surface area contributed by atoms with Crippen molar-refractivity contribution in [3.8, 4) is 0 Å². The summed E-state index contributed by atoms with van der Waals surface area (Å²) in [5.74, 6) is -1.39. The Bertz CT molecular complexity index is 617. The summed E-state index contributed by atoms with van der Waals surface area (Å²) in [5.41, 5.74) is 1.07. The minimum Gasteiger partial charge on any atom is -0.478 e. The van der Waals surface area contributed by atoms with Crippen LogP contribution in [0.25, 0.3) is 0 Å². The second-order valence-electron chi connectivity index (χ2n) is 4.01. The van der Waals surface area contributed by atoms with Gasteiger partial charge in [0.15, 0.2) is 9.84 Å². The van der Waals surface area contributed by atoms with Gasteiger partial charge >= 0.3 is 5.97 Å². The van der Waals surface area contributed by atoms with Gasteiger partial charge in [-0.25, -0.2) is 13.2 Å². The molecule has 0 saturated carbocycles. The van der Waals surface area contributed by atoms with E-state index in [2.05, 4.69) is 22.5 Å². The minimum absolute atomic E-state index is 0.000593. The Labute approximate surface area is 114 Å². The molecule has 1 aromatic rings. The van der Waals surface area contributed by atoms with Crippen LogP contribution in [0.4, 0.5) is 0 Å². The number of aromatic carboxylic acids is 1. The zero-order chi connectivity index (χ0) is 14.1. The fourth-order valence-electron chi connectivity index (χ4n) is 1.68. The number of halogens is 1. The van der Waals surface area contributed by atoms with E-state index in [0.717, 1.165) is 0 Å². The quantitative estimate of drug-likeness (QED) is 0.920. The zero-order valence-corrected chi connectivity index (χ0v) is 12.4. The van der Waals surface area contributed by atoms with E-state index in [1.807, 2.05) is 0 Å². The van der Waals surface area contributed by atoms with E-state index in [1.54, 1.807) is 19.9 Å². The van der Waals surface area contributed by atoms with Crippen LogP contribution in [0.5, 0.6) is 0 Å². The number of rotatable bonds is 4. The molecule has 1 aromatic carbocycles. The Hall–Kier alpha value is -1.14. The topological polar surface area (TPSA) is 71.4 Å². The van der Waals surface area contributed by atoms with E-state index in [9.17, 15) is 13.2 Å². The Balaban J connectivity index is 3.46. The van der Waals surface area contributed by atoms with Crippen molar-refractivity contribution in [1.29, 1.82) is 0 Å². The molecule has 0 atom stereocenters. The number of carboxylic acids is 1. The van der Waals surface area contributed by atoms with Gasteiger partial charge in [-0.1, -0.05) is 28.6 Å². The maximum Gasteiger partial charge on any atom is 0.335 e. The van der Waals surface area contributed by atoms with Gasteiger partial charge in [0, 0.05) is 4.48 Å². The zero-order valence-electron chi connectivity index (χ0n) is 10.0. The Morgan fingerprint density at radius 2 is 1.89 bits per heavy atom. The van der Waals surface area contributed by atoms with Crippen LogP contribution >= 0.6 is 15.9 Å². The highest BCUT2D eigenvalue weighted by molar-refractivity contribution is 9.11. The summed E-state index contributed by atoms with van der Waals surface area (Å²) in [6, 6.07) is 2.77. The highest BCUT2D eigenvalue weighted by Crippen LogP contribution is 2.23. The highest BCUT2D eigenvalue weighted by Gasteiger charge is 2.21. The lowest BCUT2D eigenvalue weighted by molar-refractivity contribution is 0.0696. The predicted octanol–water partition coefficient (Wildman–Crippen LogP) is 2.68. The molecule has 0 saturated heterocycles. The Morgan fingerprint density at radius 1 is 1.33 bits per heavy atom. The van der Waals surface area contributed by atoms with Crippen molar-refractivity contribution in [1.82, 2.24) is 0 Å². The summed E-state index contributed by atoms with van der Waals surface area (Å²) in [5, 5.41) is 9.01. The Kier molecular flexibility index (Phi) is 4.34. The van der Waals surface area contributed by atoms with E-state index >= 15 is 0 Å². The summed E-state index contributed by atoms with van der Waals surface area (Å²) >= 11 is 3.00. The number of benzene rings is 1. The van der Waals surface area contributed by atoms with Gasteiger partial charge in [-0.3, -0.25) is 0 Å². The average molecular weight is 333 g/mol. The molecule has 18 heavy (non-hydrogen) atoms. The third-order valence-corrected chi connectivity index (χ3v) is 4.92. The molecule has 1 N–H and O–H groups in total. The van der Waals surface area contributed by atoms with Crippen LogP contribution in [-0.4, -0.2) is 25.2 Å². The number of sulfone groups is 1. The molecule has 0 unspecified atom stereocenters. The first kappa shape index (κ1) is 14.9. The number of aryl methyl sites for hydroxylation is 2. The van der Waals surface area contributed by atoms with Gasteiger partial charge < -0.3 is 5.11 Å². The predicted molar refractivity (Wildman–Crippen MR) is 73.0 cm³/mol. The highest BCUT2D eigenvalue weighted by atomic mass is 79.9. The summed E-state index contributed by atoms with van der Waals surface area (Å²) in [6.07, 6.45) is 0. The molecule has 0 aliphatic heterocycles. The van der Waals surface area contributed by atoms with E-state index in [0.29, 0.717) is 15.6 Å². The molecule has 6 heteroatoms. The third-order valence-electron chi connectivity index (χ3n) is 2.43. The normalized spacial score (nSPS) is 11.3. The lowest BCUT2D eigenvalue weighted by atomic mass is 10.1. The van der Waals surface area contributed by atoms with E-state index in [1.165, 1.54) is 6.07 Å². The largest absolute Gasteiger partial charge is 0.478 e. The van der Waals surface area contributed by atoms with E-state index in [4.69, 9.17) is 5.11 Å². The minimum atomic E-state index is -3.57. The fourth-order valence-corrected chi connectivity index (χ4v) is 4.00. The van der Waals surface area contributed by atoms with Gasteiger partial charge in [0.05, 0.1) is 16.2 Å². The van der Waals surface area contributed by atoms with Crippen molar-refractivity contribution >= 4 is 31.7 Å². The molecule has 0 aromatic heterocycles. The van der Waals surface area contributed by atoms with Crippen molar-refractivity contribution in [2.75, 3.05) is 5.75 Å². The van der Waals surface area contributed by atoms with Crippen molar-refractivity contribution in [3.05, 3.63) is 39.9 Å². The van der Waals surface area contributed by atoms with Crippen LogP contribution < -0.4 is 0 Å². The van der Waals surface area contributed by atoms with Gasteiger partial charge in [-0.05, 0) is 31.0 Å². The van der Waals surface area contributed by atoms with Crippen LogP contribution in [0, 0.1) is 13.8 Å². The first-order valence-electron chi connectivity index (χ1n) is 5.05. The smallest absolute Gasteiger partial charge is 0.335 e. The molecule has 98 valence electrons. The molecule has 1 rings (SSSR count). The first-order chi connectivity index (χ1) is 8.15. The molecule has 0 bridgehead atoms. The van der Waals surface area contributed by atoms with Gasteiger partial charge in [0.25, 0.3) is 0 Å². The molecular formula is C12H13BrO4S. The van der Waals surface area contributed by atoms with Gasteiger partial charge in [-0.15, -0.1) is 0 Å². The standard InChI is InChI=1S/C12H13BrO4S/c1-7-4-8(2)11(5-10(7)12(14)15)18(16,17)6-9(3)13/h4-5H,3,6H2,1-2H3,(H,14,15). The van der Waals surface area contributed by atoms with Gasteiger partial charge in [0.2, 0.25) is 0 Å². The molecule has 0 aliphatic carbocycles. The summed E-state index contributed by atoms with van der Waals surface area (Å²) < 4.78 is 24.5. The third kappa shape index (κ3) is 3.20. The molecule has 0 amide bonds. The van der Waals surface area contributed by atoms with E-state index < -0.39 is 15.8 Å². The second kappa shape index (κ2) is 5.24. The first-order valence-corrected chi connectivity index (χ1v) is 7.50. The SMILES string of the molecule is C=C(Br)CS(=O)(=O)c1cc(C(=O)O)c(C)cc1C. The average Bonchev–Trinajstić information content (AvgIpc) is 2.13. The van der Waals surface area contributed by atoms with Crippen molar-refractivity contribution in [2.24, 2.45) is 0 Å². The van der Waals surface area contributed by atoms with Crippen molar-refractivity contribution in [3.63, 3.8) is 0 Å². The van der Waals surface area contributed by atoms with Crippen LogP contribution in [0.3, 0.4) is 0 Å². The molecule has 0 aliphatic rings. The maximum absolute atomic E-state index is 12.1. The van der Waals surface area contributed by atoms with Crippen molar-refractivity contribution in [2.45, 2.75) is 18.7 Å². The molecule has 0 spiro atoms. The fraction of sp³-hybridized carbons (Fsp3) is 0.250. The molecular weight excluding hydrogens is 320 g/mol. The lowest BCUT2D eigenvalue weighted by Crippen LogP contribution is -2.11. The summed E-state index contributed by atoms with van der Waals surface area (Å²) in [7, 11) is -3.57. The maximum atomic E-state index is 12.1. The van der Waals surface area contributed by atoms with Crippen molar-refractivity contribution < 1.29 is 18.3 Å².